The average molecular weight is 269 g/mol. The van der Waals surface area contributed by atoms with E-state index in [2.05, 4.69) is 0 Å². The van der Waals surface area contributed by atoms with E-state index in [1.165, 1.54) is 0 Å². The van der Waals surface area contributed by atoms with Crippen LogP contribution in [0, 0.1) is 11.8 Å². The van der Waals surface area contributed by atoms with Crippen LogP contribution in [0.15, 0.2) is 0 Å². The SMILES string of the molecule is NCC1CCCCC1C(=O)N1CCOCC1C(N)=O. The molecule has 6 nitrogen and oxygen atoms in total. The van der Waals surface area contributed by atoms with Crippen LogP contribution < -0.4 is 11.5 Å². The van der Waals surface area contributed by atoms with Crippen molar-refractivity contribution < 1.29 is 14.3 Å². The Kier molecular flexibility index (Phi) is 4.76. The zero-order valence-electron chi connectivity index (χ0n) is 11.2. The first-order chi connectivity index (χ1) is 9.15. The van der Waals surface area contributed by atoms with Crippen molar-refractivity contribution in [1.29, 1.82) is 0 Å². The number of rotatable bonds is 3. The van der Waals surface area contributed by atoms with Crippen LogP contribution in [0.4, 0.5) is 0 Å². The van der Waals surface area contributed by atoms with Gasteiger partial charge in [-0.1, -0.05) is 12.8 Å². The van der Waals surface area contributed by atoms with Crippen molar-refractivity contribution in [3.63, 3.8) is 0 Å². The Balaban J connectivity index is 2.09. The number of amides is 2. The third kappa shape index (κ3) is 3.06. The van der Waals surface area contributed by atoms with Gasteiger partial charge in [0.2, 0.25) is 11.8 Å². The van der Waals surface area contributed by atoms with Gasteiger partial charge >= 0.3 is 0 Å². The summed E-state index contributed by atoms with van der Waals surface area (Å²) >= 11 is 0. The Hall–Kier alpha value is -1.14. The molecule has 0 aromatic carbocycles. The van der Waals surface area contributed by atoms with Gasteiger partial charge in [-0.3, -0.25) is 9.59 Å². The minimum atomic E-state index is -0.624. The van der Waals surface area contributed by atoms with Gasteiger partial charge in [0.25, 0.3) is 0 Å². The second kappa shape index (κ2) is 6.34. The normalized spacial score (nSPS) is 32.1. The molecule has 2 aliphatic rings. The molecule has 3 atom stereocenters. The maximum atomic E-state index is 12.6. The molecule has 6 heteroatoms. The molecule has 3 unspecified atom stereocenters. The molecule has 1 saturated heterocycles. The Morgan fingerprint density at radius 1 is 1.26 bits per heavy atom. The van der Waals surface area contributed by atoms with Gasteiger partial charge in [0, 0.05) is 12.5 Å². The Bertz CT molecular complexity index is 348. The molecule has 1 aliphatic heterocycles. The molecule has 2 fully saturated rings. The molecule has 19 heavy (non-hydrogen) atoms. The lowest BCUT2D eigenvalue weighted by Gasteiger charge is -2.39. The predicted octanol–water partition coefficient (Wildman–Crippen LogP) is -0.536. The highest BCUT2D eigenvalue weighted by Crippen LogP contribution is 2.31. The highest BCUT2D eigenvalue weighted by molar-refractivity contribution is 5.88. The smallest absolute Gasteiger partial charge is 0.242 e. The molecule has 0 aromatic rings. The Morgan fingerprint density at radius 2 is 2.00 bits per heavy atom. The van der Waals surface area contributed by atoms with Gasteiger partial charge in [-0.05, 0) is 25.3 Å². The molecule has 0 radical (unpaired) electrons. The third-order valence-electron chi connectivity index (χ3n) is 4.27. The highest BCUT2D eigenvalue weighted by atomic mass is 16.5. The fourth-order valence-corrected chi connectivity index (χ4v) is 3.13. The van der Waals surface area contributed by atoms with Gasteiger partial charge in [0.1, 0.15) is 6.04 Å². The van der Waals surface area contributed by atoms with Crippen LogP contribution in [0.2, 0.25) is 0 Å². The van der Waals surface area contributed by atoms with Crippen molar-refractivity contribution in [3.8, 4) is 0 Å². The maximum Gasteiger partial charge on any atom is 0.242 e. The van der Waals surface area contributed by atoms with E-state index >= 15 is 0 Å². The molecule has 0 aromatic heterocycles. The van der Waals surface area contributed by atoms with E-state index in [1.54, 1.807) is 4.90 Å². The van der Waals surface area contributed by atoms with Crippen LogP contribution in [0.3, 0.4) is 0 Å². The summed E-state index contributed by atoms with van der Waals surface area (Å²) < 4.78 is 5.24. The first kappa shape index (κ1) is 14.3. The Labute approximate surface area is 113 Å². The number of hydrogen-bond donors (Lipinski definition) is 2. The van der Waals surface area contributed by atoms with Gasteiger partial charge in [-0.25, -0.2) is 0 Å². The summed E-state index contributed by atoms with van der Waals surface area (Å²) in [7, 11) is 0. The van der Waals surface area contributed by atoms with Gasteiger partial charge in [0.05, 0.1) is 13.2 Å². The van der Waals surface area contributed by atoms with Crippen molar-refractivity contribution in [2.45, 2.75) is 31.7 Å². The molecule has 1 saturated carbocycles. The van der Waals surface area contributed by atoms with Crippen LogP contribution in [0.5, 0.6) is 0 Å². The number of nitrogens with two attached hydrogens (primary N) is 2. The van der Waals surface area contributed by atoms with Crippen molar-refractivity contribution in [2.75, 3.05) is 26.3 Å². The van der Waals surface area contributed by atoms with Crippen molar-refractivity contribution in [1.82, 2.24) is 4.90 Å². The van der Waals surface area contributed by atoms with Crippen LogP contribution in [-0.2, 0) is 14.3 Å². The first-order valence-corrected chi connectivity index (χ1v) is 7.02. The number of hydrogen-bond acceptors (Lipinski definition) is 4. The number of carbonyl (C=O) groups is 2. The summed E-state index contributed by atoms with van der Waals surface area (Å²) in [6.07, 6.45) is 4.05. The lowest BCUT2D eigenvalue weighted by atomic mass is 9.78. The van der Waals surface area contributed by atoms with Crippen molar-refractivity contribution >= 4 is 11.8 Å². The van der Waals surface area contributed by atoms with Crippen molar-refractivity contribution in [3.05, 3.63) is 0 Å². The monoisotopic (exact) mass is 269 g/mol. The van der Waals surface area contributed by atoms with Gasteiger partial charge in [0.15, 0.2) is 0 Å². The second-order valence-corrected chi connectivity index (χ2v) is 5.41. The van der Waals surface area contributed by atoms with E-state index in [-0.39, 0.29) is 24.3 Å². The lowest BCUT2D eigenvalue weighted by Crippen LogP contribution is -2.57. The fourth-order valence-electron chi connectivity index (χ4n) is 3.13. The highest BCUT2D eigenvalue weighted by Gasteiger charge is 2.38. The van der Waals surface area contributed by atoms with Crippen LogP contribution >= 0.6 is 0 Å². The molecule has 2 amide bonds. The molecule has 4 N–H and O–H groups in total. The zero-order valence-corrected chi connectivity index (χ0v) is 11.2. The molecule has 108 valence electrons. The second-order valence-electron chi connectivity index (χ2n) is 5.41. The summed E-state index contributed by atoms with van der Waals surface area (Å²) in [6.45, 7) is 1.65. The number of carbonyl (C=O) groups excluding carboxylic acids is 2. The van der Waals surface area contributed by atoms with E-state index in [4.69, 9.17) is 16.2 Å². The number of primary amides is 1. The van der Waals surface area contributed by atoms with Gasteiger partial charge in [-0.15, -0.1) is 0 Å². The number of morpholine rings is 1. The van der Waals surface area contributed by atoms with Crippen LogP contribution in [-0.4, -0.2) is 49.1 Å². The minimum absolute atomic E-state index is 0.0299. The van der Waals surface area contributed by atoms with Crippen molar-refractivity contribution in [2.24, 2.45) is 23.3 Å². The average Bonchev–Trinajstić information content (AvgIpc) is 2.46. The van der Waals surface area contributed by atoms with E-state index in [0.717, 1.165) is 25.7 Å². The number of nitrogens with zero attached hydrogens (tertiary/aromatic N) is 1. The fraction of sp³-hybridized carbons (Fsp3) is 0.846. The summed E-state index contributed by atoms with van der Waals surface area (Å²) in [5.41, 5.74) is 11.1. The summed E-state index contributed by atoms with van der Waals surface area (Å²) in [6, 6.07) is -0.624. The molecular weight excluding hydrogens is 246 g/mol. The van der Waals surface area contributed by atoms with E-state index in [0.29, 0.717) is 19.7 Å². The summed E-state index contributed by atoms with van der Waals surface area (Å²) in [4.78, 5) is 25.7. The summed E-state index contributed by atoms with van der Waals surface area (Å²) in [5, 5.41) is 0. The van der Waals surface area contributed by atoms with E-state index < -0.39 is 11.9 Å². The van der Waals surface area contributed by atoms with E-state index in [9.17, 15) is 9.59 Å². The van der Waals surface area contributed by atoms with Gasteiger partial charge < -0.3 is 21.1 Å². The first-order valence-electron chi connectivity index (χ1n) is 7.02. The number of ether oxygens (including phenoxy) is 1. The standard InChI is InChI=1S/C13H23N3O3/c14-7-9-3-1-2-4-10(9)13(18)16-5-6-19-8-11(16)12(15)17/h9-11H,1-8,14H2,(H2,15,17). The largest absolute Gasteiger partial charge is 0.377 e. The molecule has 1 heterocycles. The topological polar surface area (TPSA) is 98.7 Å². The van der Waals surface area contributed by atoms with Gasteiger partial charge in [-0.2, -0.15) is 0 Å². The molecule has 0 bridgehead atoms. The van der Waals surface area contributed by atoms with E-state index in [1.807, 2.05) is 0 Å². The quantitative estimate of drug-likeness (QED) is 0.719. The third-order valence-corrected chi connectivity index (χ3v) is 4.27. The maximum absolute atomic E-state index is 12.6. The zero-order chi connectivity index (χ0) is 13.8. The molecule has 1 aliphatic carbocycles. The molecule has 2 rings (SSSR count). The Morgan fingerprint density at radius 3 is 2.68 bits per heavy atom. The van der Waals surface area contributed by atoms with Crippen LogP contribution in [0.1, 0.15) is 25.7 Å². The summed E-state index contributed by atoms with van der Waals surface area (Å²) in [5.74, 6) is -0.285. The molecular formula is C13H23N3O3. The minimum Gasteiger partial charge on any atom is -0.377 e. The van der Waals surface area contributed by atoms with Crippen LogP contribution in [0.25, 0.3) is 0 Å². The predicted molar refractivity (Wildman–Crippen MR) is 70.0 cm³/mol. The molecule has 0 spiro atoms. The lowest BCUT2D eigenvalue weighted by molar-refractivity contribution is -0.152.